The quantitative estimate of drug-likeness (QED) is 0.736. The van der Waals surface area contributed by atoms with Gasteiger partial charge in [0.2, 0.25) is 5.91 Å². The van der Waals surface area contributed by atoms with E-state index in [0.29, 0.717) is 22.4 Å². The van der Waals surface area contributed by atoms with Crippen LogP contribution >= 0.6 is 23.1 Å². The summed E-state index contributed by atoms with van der Waals surface area (Å²) >= 11 is 7.30. The van der Waals surface area contributed by atoms with Crippen LogP contribution in [0.25, 0.3) is 10.9 Å². The molecule has 1 N–H and O–H groups in total. The summed E-state index contributed by atoms with van der Waals surface area (Å²) in [6.07, 6.45) is 2.32. The topological polar surface area (TPSA) is 59.8 Å². The number of halogens is 1. The summed E-state index contributed by atoms with van der Waals surface area (Å²) in [4.78, 5) is 12.2. The van der Waals surface area contributed by atoms with Crippen LogP contribution in [0, 0.1) is 12.8 Å². The van der Waals surface area contributed by atoms with E-state index >= 15 is 0 Å². The number of nitrogens with one attached hydrogen (secondary N) is 1. The number of aromatic nitrogens is 3. The van der Waals surface area contributed by atoms with Crippen LogP contribution < -0.4 is 5.32 Å². The van der Waals surface area contributed by atoms with Gasteiger partial charge in [0.25, 0.3) is 0 Å². The molecular weight excluding hydrogens is 344 g/mol. The maximum Gasteiger partial charge on any atom is 0.229 e. The first kappa shape index (κ1) is 16.9. The molecule has 5 nitrogen and oxygen atoms in total. The molecule has 3 aromatic rings. The number of hydrogen-bond donors (Lipinski definition) is 1. The van der Waals surface area contributed by atoms with Crippen LogP contribution in [0.2, 0.25) is 5.02 Å². The number of fused-ring (bicyclic) bond motifs is 1. The number of aryl methyl sites for hydroxylation is 1. The van der Waals surface area contributed by atoms with Gasteiger partial charge >= 0.3 is 0 Å². The van der Waals surface area contributed by atoms with Gasteiger partial charge in [0, 0.05) is 18.1 Å². The van der Waals surface area contributed by atoms with Gasteiger partial charge in [0.1, 0.15) is 5.00 Å². The lowest BCUT2D eigenvalue weighted by molar-refractivity contribution is -0.115. The Morgan fingerprint density at radius 2 is 2.21 bits per heavy atom. The van der Waals surface area contributed by atoms with E-state index in [4.69, 9.17) is 11.6 Å². The fraction of sp³-hybridized carbons (Fsp3) is 0.353. The zero-order chi connectivity index (χ0) is 17.3. The van der Waals surface area contributed by atoms with Gasteiger partial charge in [0.15, 0.2) is 0 Å². The standard InChI is InChI=1S/C17H19ClN4OS/c1-10(2)8-22-9-13-6-12(4-5-14(13)20-22)7-15(23)19-17-16(18)11(3)21-24-17/h4-6,9-10H,7-8H2,1-3H3,(H,19,23). The third kappa shape index (κ3) is 3.76. The fourth-order valence-electron chi connectivity index (χ4n) is 2.50. The smallest absolute Gasteiger partial charge is 0.229 e. The molecule has 0 atom stereocenters. The third-order valence-corrected chi connectivity index (χ3v) is 5.01. The van der Waals surface area contributed by atoms with Crippen molar-refractivity contribution in [3.8, 4) is 0 Å². The lowest BCUT2D eigenvalue weighted by Gasteiger charge is -2.03. The predicted molar refractivity (Wildman–Crippen MR) is 98.8 cm³/mol. The van der Waals surface area contributed by atoms with Gasteiger partial charge in [-0.25, -0.2) is 0 Å². The van der Waals surface area contributed by atoms with Crippen molar-refractivity contribution in [3.63, 3.8) is 0 Å². The van der Waals surface area contributed by atoms with Crippen LogP contribution in [0.1, 0.15) is 25.1 Å². The minimum absolute atomic E-state index is 0.102. The average Bonchev–Trinajstić information content (AvgIpc) is 3.03. The van der Waals surface area contributed by atoms with Gasteiger partial charge in [-0.05, 0) is 42.1 Å². The van der Waals surface area contributed by atoms with Crippen LogP contribution in [0.15, 0.2) is 24.4 Å². The van der Waals surface area contributed by atoms with Gasteiger partial charge < -0.3 is 5.32 Å². The number of carbonyl (C=O) groups is 1. The fourth-order valence-corrected chi connectivity index (χ4v) is 3.45. The van der Waals surface area contributed by atoms with Crippen LogP contribution in [0.4, 0.5) is 5.00 Å². The molecule has 0 aliphatic carbocycles. The number of benzene rings is 1. The van der Waals surface area contributed by atoms with E-state index < -0.39 is 0 Å². The molecule has 3 rings (SSSR count). The molecule has 0 saturated carbocycles. The van der Waals surface area contributed by atoms with E-state index in [1.165, 1.54) is 11.5 Å². The molecule has 0 fully saturated rings. The van der Waals surface area contributed by atoms with Gasteiger partial charge in [-0.3, -0.25) is 9.48 Å². The van der Waals surface area contributed by atoms with Crippen molar-refractivity contribution >= 4 is 44.9 Å². The largest absolute Gasteiger partial charge is 0.315 e. The average molecular weight is 363 g/mol. The number of amides is 1. The Hall–Kier alpha value is -1.92. The van der Waals surface area contributed by atoms with E-state index in [9.17, 15) is 4.79 Å². The summed E-state index contributed by atoms with van der Waals surface area (Å²) in [6, 6.07) is 5.91. The van der Waals surface area contributed by atoms with Crippen LogP contribution in [-0.4, -0.2) is 20.1 Å². The van der Waals surface area contributed by atoms with Gasteiger partial charge in [-0.15, -0.1) is 0 Å². The SMILES string of the molecule is Cc1nsc(NC(=O)Cc2ccc3nn(CC(C)C)cc3c2)c1Cl. The second-order valence-corrected chi connectivity index (χ2v) is 7.43. The van der Waals surface area contributed by atoms with Crippen molar-refractivity contribution in [2.75, 3.05) is 5.32 Å². The number of anilines is 1. The molecule has 0 aliphatic heterocycles. The van der Waals surface area contributed by atoms with E-state index in [0.717, 1.165) is 28.7 Å². The second kappa shape index (κ2) is 6.91. The molecule has 7 heteroatoms. The highest BCUT2D eigenvalue weighted by atomic mass is 35.5. The first-order valence-corrected chi connectivity index (χ1v) is 8.95. The van der Waals surface area contributed by atoms with E-state index in [-0.39, 0.29) is 5.91 Å². The Kier molecular flexibility index (Phi) is 4.87. The Labute approximate surface area is 149 Å². The van der Waals surface area contributed by atoms with Crippen molar-refractivity contribution in [2.24, 2.45) is 5.92 Å². The zero-order valence-corrected chi connectivity index (χ0v) is 15.4. The predicted octanol–water partition coefficient (Wildman–Crippen LogP) is 4.29. The normalized spacial score (nSPS) is 11.4. The Morgan fingerprint density at radius 1 is 1.42 bits per heavy atom. The van der Waals surface area contributed by atoms with Crippen LogP contribution in [0.3, 0.4) is 0 Å². The number of rotatable bonds is 5. The van der Waals surface area contributed by atoms with Gasteiger partial charge in [-0.2, -0.15) is 9.47 Å². The van der Waals surface area contributed by atoms with E-state index in [2.05, 4.69) is 28.6 Å². The highest BCUT2D eigenvalue weighted by molar-refractivity contribution is 7.11. The van der Waals surface area contributed by atoms with Crippen molar-refractivity contribution in [2.45, 2.75) is 33.7 Å². The maximum absolute atomic E-state index is 12.2. The summed E-state index contributed by atoms with van der Waals surface area (Å²) in [5, 5.41) is 9.53. The molecule has 1 amide bonds. The van der Waals surface area contributed by atoms with E-state index in [1.807, 2.05) is 36.0 Å². The molecule has 0 saturated heterocycles. The maximum atomic E-state index is 12.2. The Bertz CT molecular complexity index is 884. The summed E-state index contributed by atoms with van der Waals surface area (Å²) < 4.78 is 6.08. The second-order valence-electron chi connectivity index (χ2n) is 6.27. The monoisotopic (exact) mass is 362 g/mol. The summed E-state index contributed by atoms with van der Waals surface area (Å²) in [5.74, 6) is 0.437. The molecule has 1 aromatic carbocycles. The lowest BCUT2D eigenvalue weighted by atomic mass is 10.1. The Balaban J connectivity index is 1.72. The molecule has 126 valence electrons. The molecule has 0 bridgehead atoms. The molecule has 2 heterocycles. The minimum atomic E-state index is -0.102. The number of nitrogens with zero attached hydrogens (tertiary/aromatic N) is 3. The molecule has 24 heavy (non-hydrogen) atoms. The van der Waals surface area contributed by atoms with Crippen molar-refractivity contribution in [1.82, 2.24) is 14.2 Å². The number of hydrogen-bond acceptors (Lipinski definition) is 4. The minimum Gasteiger partial charge on any atom is -0.315 e. The summed E-state index contributed by atoms with van der Waals surface area (Å²) in [7, 11) is 0. The van der Waals surface area contributed by atoms with Crippen molar-refractivity contribution in [1.29, 1.82) is 0 Å². The third-order valence-electron chi connectivity index (χ3n) is 3.58. The van der Waals surface area contributed by atoms with Crippen molar-refractivity contribution in [3.05, 3.63) is 40.7 Å². The van der Waals surface area contributed by atoms with Gasteiger partial charge in [0.05, 0.1) is 22.7 Å². The Morgan fingerprint density at radius 3 is 2.88 bits per heavy atom. The van der Waals surface area contributed by atoms with Crippen molar-refractivity contribution < 1.29 is 4.79 Å². The highest BCUT2D eigenvalue weighted by Crippen LogP contribution is 2.29. The molecule has 0 unspecified atom stereocenters. The number of carbonyl (C=O) groups excluding carboxylic acids is 1. The van der Waals surface area contributed by atoms with Crippen LogP contribution in [-0.2, 0) is 17.8 Å². The first-order valence-electron chi connectivity index (χ1n) is 7.80. The highest BCUT2D eigenvalue weighted by Gasteiger charge is 2.12. The summed E-state index contributed by atoms with van der Waals surface area (Å²) in [6.45, 7) is 7.02. The molecule has 0 aliphatic rings. The van der Waals surface area contributed by atoms with E-state index in [1.54, 1.807) is 0 Å². The molecule has 2 aromatic heterocycles. The molecular formula is C17H19ClN4OS. The first-order chi connectivity index (χ1) is 11.4. The lowest BCUT2D eigenvalue weighted by Crippen LogP contribution is -2.13. The molecule has 0 radical (unpaired) electrons. The van der Waals surface area contributed by atoms with Crippen LogP contribution in [0.5, 0.6) is 0 Å². The molecule has 0 spiro atoms. The summed E-state index contributed by atoms with van der Waals surface area (Å²) in [5.41, 5.74) is 2.62. The van der Waals surface area contributed by atoms with Gasteiger partial charge in [-0.1, -0.05) is 31.5 Å². The zero-order valence-electron chi connectivity index (χ0n) is 13.8.